The molecule has 1 atom stereocenters. The molecular weight excluding hydrogens is 162 g/mol. The van der Waals surface area contributed by atoms with Crippen LogP contribution < -0.4 is 5.32 Å². The summed E-state index contributed by atoms with van der Waals surface area (Å²) in [7, 11) is 0. The highest BCUT2D eigenvalue weighted by atomic mass is 15.2. The molecule has 0 fully saturated rings. The maximum Gasteiger partial charge on any atom is 0.125 e. The van der Waals surface area contributed by atoms with Crippen LogP contribution in [0.25, 0.3) is 0 Å². The number of aromatic nitrogens is 2. The zero-order chi connectivity index (χ0) is 9.47. The van der Waals surface area contributed by atoms with E-state index in [-0.39, 0.29) is 0 Å². The van der Waals surface area contributed by atoms with E-state index in [1.165, 1.54) is 0 Å². The van der Waals surface area contributed by atoms with E-state index in [9.17, 15) is 0 Å². The van der Waals surface area contributed by atoms with Gasteiger partial charge < -0.3 is 9.88 Å². The highest BCUT2D eigenvalue weighted by molar-refractivity contribution is 5.34. The molecule has 1 unspecified atom stereocenters. The summed E-state index contributed by atoms with van der Waals surface area (Å²) in [6.45, 7) is 9.03. The van der Waals surface area contributed by atoms with E-state index < -0.39 is 0 Å². The van der Waals surface area contributed by atoms with Crippen molar-refractivity contribution in [3.05, 3.63) is 12.5 Å². The molecule has 0 saturated carbocycles. The molecule has 0 aliphatic carbocycles. The van der Waals surface area contributed by atoms with Gasteiger partial charge in [-0.2, -0.15) is 0 Å². The van der Waals surface area contributed by atoms with Crippen molar-refractivity contribution in [1.29, 1.82) is 0 Å². The fourth-order valence-electron chi connectivity index (χ4n) is 1.72. The van der Waals surface area contributed by atoms with Crippen LogP contribution in [-0.4, -0.2) is 16.1 Å². The van der Waals surface area contributed by atoms with Crippen molar-refractivity contribution in [3.63, 3.8) is 0 Å². The number of nitrogens with one attached hydrogen (secondary N) is 1. The van der Waals surface area contributed by atoms with E-state index in [4.69, 9.17) is 0 Å². The van der Waals surface area contributed by atoms with Gasteiger partial charge in [0.25, 0.3) is 0 Å². The first-order chi connectivity index (χ1) is 6.07. The second-order valence-corrected chi connectivity index (χ2v) is 4.88. The number of hydrogen-bond donors (Lipinski definition) is 1. The zero-order valence-electron chi connectivity index (χ0n) is 8.54. The molecule has 0 spiro atoms. The summed E-state index contributed by atoms with van der Waals surface area (Å²) in [5, 5.41) is 3.40. The fourth-order valence-corrected chi connectivity index (χ4v) is 1.72. The number of rotatable bonds is 0. The standard InChI is InChI=1S/C10H17N3/c1-10(2,3)8-4-12-9-5-11-7-13(9)6-8/h5,7-8,12H,4,6H2,1-3H3. The lowest BCUT2D eigenvalue weighted by molar-refractivity contribution is 0.216. The summed E-state index contributed by atoms with van der Waals surface area (Å²) in [4.78, 5) is 4.12. The third-order valence-electron chi connectivity index (χ3n) is 2.88. The first-order valence-corrected chi connectivity index (χ1v) is 4.81. The molecule has 13 heavy (non-hydrogen) atoms. The Labute approximate surface area is 79.2 Å². The van der Waals surface area contributed by atoms with Crippen LogP contribution in [0, 0.1) is 11.3 Å². The Morgan fingerprint density at radius 3 is 3.00 bits per heavy atom. The first kappa shape index (κ1) is 8.60. The Balaban J connectivity index is 2.18. The smallest absolute Gasteiger partial charge is 0.125 e. The van der Waals surface area contributed by atoms with Gasteiger partial charge in [0, 0.05) is 13.1 Å². The van der Waals surface area contributed by atoms with Gasteiger partial charge in [0.05, 0.1) is 12.5 Å². The number of nitrogens with zero attached hydrogens (tertiary/aromatic N) is 2. The van der Waals surface area contributed by atoms with E-state index in [2.05, 4.69) is 35.6 Å². The van der Waals surface area contributed by atoms with Gasteiger partial charge in [-0.25, -0.2) is 4.98 Å². The molecular formula is C10H17N3. The van der Waals surface area contributed by atoms with E-state index >= 15 is 0 Å². The lowest BCUT2D eigenvalue weighted by Gasteiger charge is -2.35. The van der Waals surface area contributed by atoms with Crippen molar-refractivity contribution >= 4 is 5.82 Å². The topological polar surface area (TPSA) is 29.9 Å². The summed E-state index contributed by atoms with van der Waals surface area (Å²) in [5.41, 5.74) is 0.370. The van der Waals surface area contributed by atoms with Crippen molar-refractivity contribution in [2.75, 3.05) is 11.9 Å². The molecule has 2 rings (SSSR count). The van der Waals surface area contributed by atoms with Crippen molar-refractivity contribution in [3.8, 4) is 0 Å². The van der Waals surface area contributed by atoms with E-state index in [1.54, 1.807) is 0 Å². The molecule has 72 valence electrons. The third kappa shape index (κ3) is 1.55. The Hall–Kier alpha value is -0.990. The molecule has 1 N–H and O–H groups in total. The van der Waals surface area contributed by atoms with Crippen LogP contribution in [0.1, 0.15) is 20.8 Å². The monoisotopic (exact) mass is 179 g/mol. The number of fused-ring (bicyclic) bond motifs is 1. The molecule has 1 aliphatic heterocycles. The number of anilines is 1. The van der Waals surface area contributed by atoms with Crippen LogP contribution in [-0.2, 0) is 6.54 Å². The molecule has 0 aromatic carbocycles. The Morgan fingerprint density at radius 1 is 1.54 bits per heavy atom. The SMILES string of the molecule is CC(C)(C)C1CNc2cncn2C1. The van der Waals surface area contributed by atoms with Crippen LogP contribution in [0.15, 0.2) is 12.5 Å². The minimum Gasteiger partial charge on any atom is -0.370 e. The molecule has 0 saturated heterocycles. The van der Waals surface area contributed by atoms with Crippen LogP contribution in [0.4, 0.5) is 5.82 Å². The van der Waals surface area contributed by atoms with Crippen molar-refractivity contribution < 1.29 is 0 Å². The predicted octanol–water partition coefficient (Wildman–Crippen LogP) is 1.97. The normalized spacial score (nSPS) is 22.2. The summed E-state index contributed by atoms with van der Waals surface area (Å²) in [6.07, 6.45) is 3.79. The average Bonchev–Trinajstić information content (AvgIpc) is 2.47. The number of hydrogen-bond acceptors (Lipinski definition) is 2. The molecule has 0 radical (unpaired) electrons. The van der Waals surface area contributed by atoms with Crippen molar-refractivity contribution in [2.45, 2.75) is 27.3 Å². The predicted molar refractivity (Wildman–Crippen MR) is 53.7 cm³/mol. The van der Waals surface area contributed by atoms with Crippen LogP contribution in [0.2, 0.25) is 0 Å². The van der Waals surface area contributed by atoms with Crippen molar-refractivity contribution in [2.24, 2.45) is 11.3 Å². The van der Waals surface area contributed by atoms with Gasteiger partial charge in [-0.05, 0) is 11.3 Å². The second kappa shape index (κ2) is 2.76. The Morgan fingerprint density at radius 2 is 2.31 bits per heavy atom. The molecule has 0 amide bonds. The lowest BCUT2D eigenvalue weighted by Crippen LogP contribution is -2.35. The van der Waals surface area contributed by atoms with Gasteiger partial charge >= 0.3 is 0 Å². The summed E-state index contributed by atoms with van der Waals surface area (Å²) < 4.78 is 2.19. The van der Waals surface area contributed by atoms with E-state index in [0.29, 0.717) is 11.3 Å². The summed E-state index contributed by atoms with van der Waals surface area (Å²) in [5.74, 6) is 1.84. The Bertz CT molecular complexity index is 295. The van der Waals surface area contributed by atoms with E-state index in [1.807, 2.05) is 12.5 Å². The molecule has 2 heterocycles. The maximum atomic E-state index is 4.12. The van der Waals surface area contributed by atoms with Crippen LogP contribution >= 0.6 is 0 Å². The molecule has 1 aliphatic rings. The highest BCUT2D eigenvalue weighted by Gasteiger charge is 2.28. The van der Waals surface area contributed by atoms with E-state index in [0.717, 1.165) is 18.9 Å². The molecule has 1 aromatic heterocycles. The molecule has 3 heteroatoms. The minimum absolute atomic E-state index is 0.370. The van der Waals surface area contributed by atoms with Crippen LogP contribution in [0.3, 0.4) is 0 Å². The molecule has 1 aromatic rings. The first-order valence-electron chi connectivity index (χ1n) is 4.81. The van der Waals surface area contributed by atoms with Gasteiger partial charge in [-0.15, -0.1) is 0 Å². The van der Waals surface area contributed by atoms with Gasteiger partial charge in [0.1, 0.15) is 5.82 Å². The highest BCUT2D eigenvalue weighted by Crippen LogP contribution is 2.31. The van der Waals surface area contributed by atoms with Gasteiger partial charge in [0.2, 0.25) is 0 Å². The number of imidazole rings is 1. The van der Waals surface area contributed by atoms with Gasteiger partial charge in [-0.3, -0.25) is 0 Å². The third-order valence-corrected chi connectivity index (χ3v) is 2.88. The fraction of sp³-hybridized carbons (Fsp3) is 0.700. The maximum absolute atomic E-state index is 4.12. The summed E-state index contributed by atoms with van der Waals surface area (Å²) in [6, 6.07) is 0. The van der Waals surface area contributed by atoms with Crippen molar-refractivity contribution in [1.82, 2.24) is 9.55 Å². The van der Waals surface area contributed by atoms with Gasteiger partial charge in [-0.1, -0.05) is 20.8 Å². The van der Waals surface area contributed by atoms with Crippen LogP contribution in [0.5, 0.6) is 0 Å². The zero-order valence-corrected chi connectivity index (χ0v) is 8.54. The molecule has 0 bridgehead atoms. The van der Waals surface area contributed by atoms with Gasteiger partial charge in [0.15, 0.2) is 0 Å². The second-order valence-electron chi connectivity index (χ2n) is 4.88. The quantitative estimate of drug-likeness (QED) is 0.660. The minimum atomic E-state index is 0.370. The molecule has 3 nitrogen and oxygen atoms in total. The lowest BCUT2D eigenvalue weighted by atomic mass is 9.80. The summed E-state index contributed by atoms with van der Waals surface area (Å²) >= 11 is 0. The largest absolute Gasteiger partial charge is 0.370 e. The average molecular weight is 179 g/mol. The Kier molecular flexibility index (Phi) is 1.82.